The lowest BCUT2D eigenvalue weighted by Gasteiger charge is -2.30. The third-order valence-electron chi connectivity index (χ3n) is 8.89. The van der Waals surface area contributed by atoms with E-state index < -0.39 is 0 Å². The third-order valence-corrected chi connectivity index (χ3v) is 8.89. The molecule has 5 nitrogen and oxygen atoms in total. The first-order valence-corrected chi connectivity index (χ1v) is 15.2. The average molecular weight is 567 g/mol. The predicted octanol–water partition coefficient (Wildman–Crippen LogP) is 8.76. The number of hydrogen-bond donors (Lipinski definition) is 3. The summed E-state index contributed by atoms with van der Waals surface area (Å²) in [5, 5.41) is 15.5. The van der Waals surface area contributed by atoms with E-state index in [1.54, 1.807) is 6.07 Å². The number of unbranched alkanes of at least 4 members (excludes halogenated alkanes) is 1. The molecule has 42 heavy (non-hydrogen) atoms. The Kier molecular flexibility index (Phi) is 9.50. The van der Waals surface area contributed by atoms with Crippen molar-refractivity contribution in [1.82, 2.24) is 5.32 Å². The lowest BCUT2D eigenvalue weighted by Crippen LogP contribution is -2.26. The van der Waals surface area contributed by atoms with Crippen LogP contribution in [0.25, 0.3) is 21.9 Å². The van der Waals surface area contributed by atoms with Gasteiger partial charge in [0.25, 0.3) is 5.91 Å². The molecule has 0 aliphatic carbocycles. The molecule has 222 valence electrons. The lowest BCUT2D eigenvalue weighted by molar-refractivity contribution is 0.0950. The van der Waals surface area contributed by atoms with Gasteiger partial charge >= 0.3 is 0 Å². The summed E-state index contributed by atoms with van der Waals surface area (Å²) in [6.07, 6.45) is 3.61. The molecular formula is C37H46N2O3. The van der Waals surface area contributed by atoms with Crippen LogP contribution in [-0.2, 0) is 10.8 Å². The topological polar surface area (TPSA) is 84.6 Å². The van der Waals surface area contributed by atoms with Gasteiger partial charge in [0.05, 0.1) is 12.2 Å². The molecule has 5 heteroatoms. The number of fused-ring (bicyclic) bond motifs is 1. The summed E-state index contributed by atoms with van der Waals surface area (Å²) in [6, 6.07) is 23.5. The normalized spacial score (nSPS) is 12.0. The van der Waals surface area contributed by atoms with E-state index in [1.807, 2.05) is 48.5 Å². The van der Waals surface area contributed by atoms with E-state index in [2.05, 4.69) is 65.1 Å². The van der Waals surface area contributed by atoms with Crippen LogP contribution in [0.2, 0.25) is 0 Å². The van der Waals surface area contributed by atoms with Gasteiger partial charge in [0.1, 0.15) is 11.5 Å². The summed E-state index contributed by atoms with van der Waals surface area (Å²) in [5.74, 6) is 0.539. The highest BCUT2D eigenvalue weighted by molar-refractivity contribution is 6.15. The molecule has 0 saturated carbocycles. The highest BCUT2D eigenvalue weighted by Crippen LogP contribution is 2.43. The van der Waals surface area contributed by atoms with Crippen LogP contribution in [0.15, 0.2) is 72.8 Å². The number of nitrogens with two attached hydrogens (primary N) is 1. The highest BCUT2D eigenvalue weighted by Gasteiger charge is 2.27. The molecular weight excluding hydrogens is 520 g/mol. The number of benzene rings is 4. The van der Waals surface area contributed by atoms with Crippen LogP contribution < -0.4 is 15.8 Å². The summed E-state index contributed by atoms with van der Waals surface area (Å²) in [6.45, 7) is 14.6. The smallest absolute Gasteiger partial charge is 0.255 e. The standard InChI is InChI=1S/C37H46N2O3/c1-7-36(3,4)26-20-21-30(29(24-26)37(5,6)8-2)42-23-15-14-22-39-35(41)32-31(25-16-10-9-11-17-25)33(38)27-18-12-13-19-28(27)34(32)40/h9-13,16-21,24,40H,7-8,14-15,22-23,38H2,1-6H3,(H,39,41). The van der Waals surface area contributed by atoms with Crippen molar-refractivity contribution < 1.29 is 14.6 Å². The van der Waals surface area contributed by atoms with Crippen LogP contribution in [0.4, 0.5) is 5.69 Å². The Balaban J connectivity index is 1.45. The van der Waals surface area contributed by atoms with Crippen molar-refractivity contribution in [3.05, 3.63) is 89.5 Å². The van der Waals surface area contributed by atoms with Crippen molar-refractivity contribution in [3.63, 3.8) is 0 Å². The highest BCUT2D eigenvalue weighted by atomic mass is 16.5. The minimum Gasteiger partial charge on any atom is -0.506 e. The van der Waals surface area contributed by atoms with Gasteiger partial charge in [-0.15, -0.1) is 0 Å². The summed E-state index contributed by atoms with van der Waals surface area (Å²) < 4.78 is 6.31. The number of amides is 1. The average Bonchev–Trinajstić information content (AvgIpc) is 3.00. The second-order valence-corrected chi connectivity index (χ2v) is 12.4. The van der Waals surface area contributed by atoms with E-state index in [0.29, 0.717) is 29.8 Å². The van der Waals surface area contributed by atoms with Gasteiger partial charge in [-0.05, 0) is 53.7 Å². The molecule has 0 fully saturated rings. The van der Waals surface area contributed by atoms with Crippen molar-refractivity contribution in [2.75, 3.05) is 18.9 Å². The van der Waals surface area contributed by atoms with Crippen molar-refractivity contribution in [2.24, 2.45) is 0 Å². The summed E-state index contributed by atoms with van der Waals surface area (Å²) in [7, 11) is 0. The Labute approximate surface area is 251 Å². The van der Waals surface area contributed by atoms with Crippen LogP contribution in [0.3, 0.4) is 0 Å². The Morgan fingerprint density at radius 1 is 0.857 bits per heavy atom. The predicted molar refractivity (Wildman–Crippen MR) is 176 cm³/mol. The second-order valence-electron chi connectivity index (χ2n) is 12.4. The number of carbonyl (C=O) groups excluding carboxylic acids is 1. The van der Waals surface area contributed by atoms with Crippen molar-refractivity contribution in [3.8, 4) is 22.6 Å². The molecule has 0 aromatic heterocycles. The summed E-state index contributed by atoms with van der Waals surface area (Å²) in [5.41, 5.74) is 11.3. The molecule has 4 aromatic carbocycles. The van der Waals surface area contributed by atoms with Gasteiger partial charge in [0.15, 0.2) is 0 Å². The van der Waals surface area contributed by atoms with Gasteiger partial charge < -0.3 is 20.9 Å². The molecule has 4 N–H and O–H groups in total. The lowest BCUT2D eigenvalue weighted by atomic mass is 9.76. The van der Waals surface area contributed by atoms with E-state index >= 15 is 0 Å². The summed E-state index contributed by atoms with van der Waals surface area (Å²) >= 11 is 0. The van der Waals surface area contributed by atoms with Gasteiger partial charge in [0, 0.05) is 34.1 Å². The molecule has 0 aliphatic rings. The molecule has 0 unspecified atom stereocenters. The number of carbonyl (C=O) groups is 1. The summed E-state index contributed by atoms with van der Waals surface area (Å²) in [4.78, 5) is 13.5. The van der Waals surface area contributed by atoms with E-state index in [9.17, 15) is 9.90 Å². The SMILES string of the molecule is CCC(C)(C)c1ccc(OCCCCNC(=O)c2c(-c3ccccc3)c(N)c3ccccc3c2O)c(C(C)(C)CC)c1. The van der Waals surface area contributed by atoms with Gasteiger partial charge in [-0.25, -0.2) is 0 Å². The number of phenolic OH excluding ortho intramolecular Hbond substituents is 1. The minimum atomic E-state index is -0.342. The minimum absolute atomic E-state index is 0.00328. The zero-order chi connectivity index (χ0) is 30.5. The number of nitrogen functional groups attached to an aromatic ring is 1. The maximum absolute atomic E-state index is 13.5. The molecule has 1 amide bonds. The fraction of sp³-hybridized carbons (Fsp3) is 0.378. The molecule has 0 aliphatic heterocycles. The molecule has 0 heterocycles. The molecule has 0 radical (unpaired) electrons. The number of ether oxygens (including phenoxy) is 1. The first-order chi connectivity index (χ1) is 20.0. The van der Waals surface area contributed by atoms with Crippen LogP contribution in [-0.4, -0.2) is 24.2 Å². The van der Waals surface area contributed by atoms with Crippen LogP contribution in [0.5, 0.6) is 11.5 Å². The molecule has 4 aromatic rings. The first kappa shape index (κ1) is 31.0. The molecule has 0 bridgehead atoms. The van der Waals surface area contributed by atoms with Gasteiger partial charge in [-0.1, -0.05) is 108 Å². The van der Waals surface area contributed by atoms with Crippen molar-refractivity contribution in [1.29, 1.82) is 0 Å². The number of phenols is 1. The van der Waals surface area contributed by atoms with Crippen molar-refractivity contribution in [2.45, 2.75) is 78.1 Å². The number of rotatable bonds is 12. The maximum atomic E-state index is 13.5. The van der Waals surface area contributed by atoms with Gasteiger partial charge in [0.2, 0.25) is 0 Å². The first-order valence-electron chi connectivity index (χ1n) is 15.2. The van der Waals surface area contributed by atoms with Crippen molar-refractivity contribution >= 4 is 22.4 Å². The van der Waals surface area contributed by atoms with Crippen LogP contribution in [0, 0.1) is 0 Å². The molecule has 4 rings (SSSR count). The fourth-order valence-corrected chi connectivity index (χ4v) is 5.27. The zero-order valence-electron chi connectivity index (χ0n) is 26.0. The Morgan fingerprint density at radius 3 is 2.17 bits per heavy atom. The van der Waals surface area contributed by atoms with E-state index in [-0.39, 0.29) is 28.1 Å². The second kappa shape index (κ2) is 12.9. The van der Waals surface area contributed by atoms with Crippen LogP contribution >= 0.6 is 0 Å². The van der Waals surface area contributed by atoms with Gasteiger partial charge in [-0.2, -0.15) is 0 Å². The number of aromatic hydroxyl groups is 1. The molecule has 0 saturated heterocycles. The van der Waals surface area contributed by atoms with Gasteiger partial charge in [-0.3, -0.25) is 4.79 Å². The van der Waals surface area contributed by atoms with E-state index in [1.165, 1.54) is 11.1 Å². The number of anilines is 1. The third kappa shape index (κ3) is 6.41. The Bertz CT molecular complexity index is 1540. The number of nitrogens with one attached hydrogen (secondary N) is 1. The fourth-order valence-electron chi connectivity index (χ4n) is 5.27. The van der Waals surface area contributed by atoms with Crippen LogP contribution in [0.1, 0.15) is 88.7 Å². The van der Waals surface area contributed by atoms with E-state index in [4.69, 9.17) is 10.5 Å². The molecule has 0 spiro atoms. The van der Waals surface area contributed by atoms with E-state index in [0.717, 1.165) is 42.4 Å². The monoisotopic (exact) mass is 566 g/mol. The molecule has 0 atom stereocenters. The zero-order valence-corrected chi connectivity index (χ0v) is 26.0. The number of hydrogen-bond acceptors (Lipinski definition) is 4. The largest absolute Gasteiger partial charge is 0.506 e. The Morgan fingerprint density at radius 2 is 1.50 bits per heavy atom. The quantitative estimate of drug-likeness (QED) is 0.0909. The maximum Gasteiger partial charge on any atom is 0.255 e. The Hall–Kier alpha value is -3.99.